The van der Waals surface area contributed by atoms with Crippen molar-refractivity contribution >= 4 is 46.0 Å². The number of halogens is 3. The number of amides is 1. The van der Waals surface area contributed by atoms with Crippen molar-refractivity contribution in [2.75, 3.05) is 18.8 Å². The Morgan fingerprint density at radius 3 is 2.62 bits per heavy atom. The number of ether oxygens (including phenoxy) is 2. The van der Waals surface area contributed by atoms with Gasteiger partial charge in [-0.25, -0.2) is 14.2 Å². The van der Waals surface area contributed by atoms with Crippen LogP contribution in [-0.4, -0.2) is 39.2 Å². The number of carbonyl (C=O) groups excluding carboxylic acids is 1. The first-order valence-electron chi connectivity index (χ1n) is 12.5. The molecule has 4 rings (SSSR count). The summed E-state index contributed by atoms with van der Waals surface area (Å²) < 4.78 is 27.8. The predicted octanol–water partition coefficient (Wildman–Crippen LogP) is 7.24. The first-order chi connectivity index (χ1) is 17.4. The van der Waals surface area contributed by atoms with Crippen molar-refractivity contribution in [2.45, 2.75) is 65.2 Å². The Balaban J connectivity index is 1.43. The zero-order valence-electron chi connectivity index (χ0n) is 21.6. The van der Waals surface area contributed by atoms with Crippen LogP contribution in [-0.2, 0) is 11.3 Å². The number of pyridine rings is 1. The molecule has 0 bridgehead atoms. The van der Waals surface area contributed by atoms with Gasteiger partial charge in [0.1, 0.15) is 17.5 Å². The fourth-order valence-electron chi connectivity index (χ4n) is 4.67. The minimum Gasteiger partial charge on any atom is -0.481 e. The van der Waals surface area contributed by atoms with Crippen LogP contribution in [0.3, 0.4) is 0 Å². The zero-order valence-corrected chi connectivity index (χ0v) is 23.1. The largest absolute Gasteiger partial charge is 0.481 e. The third-order valence-corrected chi connectivity index (χ3v) is 7.35. The summed E-state index contributed by atoms with van der Waals surface area (Å²) in [6.07, 6.45) is 5.67. The molecule has 1 amide bonds. The van der Waals surface area contributed by atoms with E-state index in [0.717, 1.165) is 36.7 Å². The van der Waals surface area contributed by atoms with Crippen molar-refractivity contribution in [3.05, 3.63) is 52.0 Å². The summed E-state index contributed by atoms with van der Waals surface area (Å²) in [6.45, 7) is 9.57. The monoisotopic (exact) mass is 550 g/mol. The van der Waals surface area contributed by atoms with E-state index >= 15 is 0 Å². The van der Waals surface area contributed by atoms with Gasteiger partial charge in [-0.05, 0) is 71.1 Å². The molecule has 0 spiro atoms. The third kappa shape index (κ3) is 6.24. The molecule has 1 aromatic carbocycles. The fourth-order valence-corrected chi connectivity index (χ4v) is 5.35. The van der Waals surface area contributed by atoms with Crippen LogP contribution < -0.4 is 10.5 Å². The Bertz CT molecular complexity index is 1280. The predicted molar refractivity (Wildman–Crippen MR) is 145 cm³/mol. The first kappa shape index (κ1) is 27.3. The Hall–Kier alpha value is -2.71. The molecule has 2 N–H and O–H groups in total. The molecule has 1 aliphatic rings. The Morgan fingerprint density at radius 2 is 1.95 bits per heavy atom. The summed E-state index contributed by atoms with van der Waals surface area (Å²) in [5.74, 6) is 0.580. The molecule has 0 saturated carbocycles. The molecule has 0 radical (unpaired) electrons. The van der Waals surface area contributed by atoms with Crippen molar-refractivity contribution in [1.29, 1.82) is 0 Å². The van der Waals surface area contributed by atoms with Crippen LogP contribution in [0.15, 0.2) is 30.6 Å². The molecule has 200 valence electrons. The molecule has 1 saturated heterocycles. The standard InChI is InChI=1S/C27H33Cl2FN4O3/c1-16(22-19(28)5-6-20(30)23(22)29)36-24-18-10-14-33(21(18)15-32-25(24)31)11-7-17-8-12-34(13-9-17)26(35)37-27(2,3)4/h5-6,10,14-17H,7-9,11-13H2,1-4H3,(H2,31,32)/t16-/m1/s1. The van der Waals surface area contributed by atoms with Crippen LogP contribution in [0.5, 0.6) is 5.75 Å². The molecule has 7 nitrogen and oxygen atoms in total. The molecule has 2 aromatic heterocycles. The average Bonchev–Trinajstić information content (AvgIpc) is 3.24. The molecule has 0 unspecified atom stereocenters. The van der Waals surface area contributed by atoms with E-state index in [2.05, 4.69) is 9.55 Å². The second-order valence-corrected chi connectivity index (χ2v) is 11.3. The molecule has 3 heterocycles. The maximum atomic E-state index is 14.0. The van der Waals surface area contributed by atoms with E-state index in [4.69, 9.17) is 38.4 Å². The van der Waals surface area contributed by atoms with Gasteiger partial charge in [0, 0.05) is 41.8 Å². The Morgan fingerprint density at radius 1 is 1.24 bits per heavy atom. The van der Waals surface area contributed by atoms with Gasteiger partial charge < -0.3 is 24.7 Å². The van der Waals surface area contributed by atoms with Gasteiger partial charge in [-0.3, -0.25) is 0 Å². The summed E-state index contributed by atoms with van der Waals surface area (Å²) >= 11 is 12.5. The van der Waals surface area contributed by atoms with Crippen LogP contribution in [0.1, 0.15) is 58.6 Å². The summed E-state index contributed by atoms with van der Waals surface area (Å²) in [7, 11) is 0. The Kier molecular flexibility index (Phi) is 8.09. The van der Waals surface area contributed by atoms with E-state index in [9.17, 15) is 9.18 Å². The molecular formula is C27H33Cl2FN4O3. The number of aromatic nitrogens is 2. The number of nitrogen functional groups attached to an aromatic ring is 1. The topological polar surface area (TPSA) is 82.6 Å². The molecule has 1 fully saturated rings. The van der Waals surface area contributed by atoms with E-state index in [-0.39, 0.29) is 16.9 Å². The number of piperidine rings is 1. The quantitative estimate of drug-likeness (QED) is 0.327. The van der Waals surface area contributed by atoms with E-state index < -0.39 is 17.5 Å². The van der Waals surface area contributed by atoms with Gasteiger partial charge in [-0.15, -0.1) is 0 Å². The van der Waals surface area contributed by atoms with Crippen molar-refractivity contribution in [3.8, 4) is 5.75 Å². The smallest absolute Gasteiger partial charge is 0.410 e. The maximum Gasteiger partial charge on any atom is 0.410 e. The van der Waals surface area contributed by atoms with Crippen LogP contribution >= 0.6 is 23.2 Å². The highest BCUT2D eigenvalue weighted by atomic mass is 35.5. The number of anilines is 1. The molecule has 1 atom stereocenters. The van der Waals surface area contributed by atoms with Gasteiger partial charge in [0.2, 0.25) is 0 Å². The lowest BCUT2D eigenvalue weighted by Gasteiger charge is -2.33. The SMILES string of the molecule is C[C@@H](Oc1c(N)ncc2c1ccn2CCC1CCN(C(=O)OC(C)(C)C)CC1)c1c(Cl)ccc(F)c1Cl. The minimum atomic E-state index is -0.649. The molecule has 1 aliphatic heterocycles. The number of carbonyl (C=O) groups is 1. The van der Waals surface area contributed by atoms with Crippen LogP contribution in [0, 0.1) is 11.7 Å². The highest BCUT2D eigenvalue weighted by Crippen LogP contribution is 2.39. The number of hydrogen-bond acceptors (Lipinski definition) is 5. The van der Waals surface area contributed by atoms with Crippen molar-refractivity contribution < 1.29 is 18.7 Å². The number of likely N-dealkylation sites (tertiary alicyclic amines) is 1. The number of nitrogens with zero attached hydrogens (tertiary/aromatic N) is 3. The fraction of sp³-hybridized carbons (Fsp3) is 0.481. The first-order valence-corrected chi connectivity index (χ1v) is 13.2. The third-order valence-electron chi connectivity index (χ3n) is 6.63. The van der Waals surface area contributed by atoms with Gasteiger partial charge in [-0.2, -0.15) is 0 Å². The number of benzene rings is 1. The van der Waals surface area contributed by atoms with E-state index in [1.54, 1.807) is 18.0 Å². The summed E-state index contributed by atoms with van der Waals surface area (Å²) in [4.78, 5) is 18.5. The second kappa shape index (κ2) is 11.0. The van der Waals surface area contributed by atoms with Crippen LogP contribution in [0.25, 0.3) is 10.9 Å². The van der Waals surface area contributed by atoms with Crippen molar-refractivity contribution in [3.63, 3.8) is 0 Å². The second-order valence-electron chi connectivity index (χ2n) is 10.5. The van der Waals surface area contributed by atoms with Crippen LogP contribution in [0.4, 0.5) is 15.0 Å². The Labute approximate surface area is 226 Å². The molecular weight excluding hydrogens is 518 g/mol. The summed E-state index contributed by atoms with van der Waals surface area (Å²) in [6, 6.07) is 4.61. The van der Waals surface area contributed by atoms with Gasteiger partial charge >= 0.3 is 6.09 Å². The van der Waals surface area contributed by atoms with Crippen molar-refractivity contribution in [2.24, 2.45) is 5.92 Å². The number of hydrogen-bond donors (Lipinski definition) is 1. The number of nitrogens with two attached hydrogens (primary N) is 1. The minimum absolute atomic E-state index is 0.0750. The van der Waals surface area contributed by atoms with E-state index in [1.807, 2.05) is 33.0 Å². The van der Waals surface area contributed by atoms with E-state index in [1.165, 1.54) is 12.1 Å². The molecule has 37 heavy (non-hydrogen) atoms. The molecule has 10 heteroatoms. The van der Waals surface area contributed by atoms with Gasteiger partial charge in [0.25, 0.3) is 0 Å². The van der Waals surface area contributed by atoms with Gasteiger partial charge in [0.15, 0.2) is 11.6 Å². The molecule has 0 aliphatic carbocycles. The maximum absolute atomic E-state index is 14.0. The summed E-state index contributed by atoms with van der Waals surface area (Å²) in [5.41, 5.74) is 6.92. The van der Waals surface area contributed by atoms with Gasteiger partial charge in [-0.1, -0.05) is 23.2 Å². The number of aryl methyl sites for hydroxylation is 1. The molecule has 3 aromatic rings. The lowest BCUT2D eigenvalue weighted by Crippen LogP contribution is -2.41. The van der Waals surface area contributed by atoms with Gasteiger partial charge in [0.05, 0.1) is 16.7 Å². The average molecular weight is 551 g/mol. The van der Waals surface area contributed by atoms with E-state index in [0.29, 0.717) is 35.3 Å². The number of fused-ring (bicyclic) bond motifs is 1. The zero-order chi connectivity index (χ0) is 26.9. The normalized spacial score (nSPS) is 15.7. The van der Waals surface area contributed by atoms with Crippen molar-refractivity contribution in [1.82, 2.24) is 14.5 Å². The summed E-state index contributed by atoms with van der Waals surface area (Å²) in [5, 5.41) is 1.05. The van der Waals surface area contributed by atoms with Crippen LogP contribution in [0.2, 0.25) is 10.0 Å². The highest BCUT2D eigenvalue weighted by molar-refractivity contribution is 6.36. The number of rotatable bonds is 6. The highest BCUT2D eigenvalue weighted by Gasteiger charge is 2.27. The lowest BCUT2D eigenvalue weighted by molar-refractivity contribution is 0.0180. The lowest BCUT2D eigenvalue weighted by atomic mass is 9.94.